The van der Waals surface area contributed by atoms with Gasteiger partial charge in [-0.2, -0.15) is 8.78 Å². The van der Waals surface area contributed by atoms with Crippen molar-refractivity contribution in [3.63, 3.8) is 0 Å². The van der Waals surface area contributed by atoms with E-state index in [-0.39, 0.29) is 0 Å². The quantitative estimate of drug-likeness (QED) is 0.661. The molecule has 3 rings (SSSR count). The number of nitrogens with zero attached hydrogens (tertiary/aromatic N) is 2. The molecule has 0 atom stereocenters. The van der Waals surface area contributed by atoms with Gasteiger partial charge in [0.05, 0.1) is 4.90 Å². The van der Waals surface area contributed by atoms with Gasteiger partial charge < -0.3 is 5.32 Å². The molecular weight excluding hydrogens is 388 g/mol. The number of hydrogen-bond donors (Lipinski definition) is 1. The topological polar surface area (TPSA) is 72.0 Å². The molecule has 0 aliphatic rings. The molecule has 130 valence electrons. The molecule has 10 heteroatoms. The molecule has 1 heterocycles. The molecule has 5 nitrogen and oxygen atoms in total. The first-order valence-corrected chi connectivity index (χ1v) is 10.1. The van der Waals surface area contributed by atoms with Gasteiger partial charge in [0, 0.05) is 10.6 Å². The minimum absolute atomic E-state index is 0.407. The third-order valence-electron chi connectivity index (χ3n) is 3.02. The van der Waals surface area contributed by atoms with Crippen LogP contribution in [-0.2, 0) is 9.84 Å². The maximum Gasteiger partial charge on any atom is 0.341 e. The lowest BCUT2D eigenvalue weighted by atomic mass is 10.3. The van der Waals surface area contributed by atoms with Crippen LogP contribution in [0.1, 0.15) is 0 Å². The van der Waals surface area contributed by atoms with Crippen molar-refractivity contribution in [2.24, 2.45) is 0 Å². The van der Waals surface area contributed by atoms with E-state index >= 15 is 0 Å². The number of benzene rings is 2. The van der Waals surface area contributed by atoms with Crippen molar-refractivity contribution >= 4 is 43.8 Å². The number of nitrogens with one attached hydrogen (secondary N) is 1. The van der Waals surface area contributed by atoms with Gasteiger partial charge in [0.2, 0.25) is 15.0 Å². The van der Waals surface area contributed by atoms with Crippen LogP contribution < -0.4 is 5.32 Å². The lowest BCUT2D eigenvalue weighted by molar-refractivity contribution is 0.234. The zero-order valence-electron chi connectivity index (χ0n) is 12.5. The van der Waals surface area contributed by atoms with E-state index in [0.717, 1.165) is 17.8 Å². The molecule has 25 heavy (non-hydrogen) atoms. The molecule has 3 aromatic rings. The van der Waals surface area contributed by atoms with Gasteiger partial charge in [0.25, 0.3) is 0 Å². The molecule has 0 bridgehead atoms. The minimum Gasteiger partial charge on any atom is -0.330 e. The number of aromatic nitrogens is 2. The fourth-order valence-electron chi connectivity index (χ4n) is 1.85. The molecule has 0 aliphatic heterocycles. The fourth-order valence-corrected chi connectivity index (χ4v) is 4.31. The summed E-state index contributed by atoms with van der Waals surface area (Å²) in [6, 6.07) is 14.7. The number of alkyl halides is 2. The smallest absolute Gasteiger partial charge is 0.330 e. The Kier molecular flexibility index (Phi) is 5.30. The van der Waals surface area contributed by atoms with Gasteiger partial charge in [-0.1, -0.05) is 41.3 Å². The highest BCUT2D eigenvalue weighted by Crippen LogP contribution is 2.33. The molecule has 0 saturated heterocycles. The van der Waals surface area contributed by atoms with E-state index in [2.05, 4.69) is 15.5 Å². The van der Waals surface area contributed by atoms with Crippen molar-refractivity contribution in [2.45, 2.75) is 19.9 Å². The molecule has 0 saturated carbocycles. The largest absolute Gasteiger partial charge is 0.341 e. The van der Waals surface area contributed by atoms with Crippen molar-refractivity contribution in [3.8, 4) is 0 Å². The minimum atomic E-state index is -4.57. The normalized spacial score (nSPS) is 11.6. The number of hydrogen-bond acceptors (Lipinski definition) is 7. The van der Waals surface area contributed by atoms with Crippen LogP contribution >= 0.6 is 23.1 Å². The Hall–Kier alpha value is -2.04. The highest BCUT2D eigenvalue weighted by Gasteiger charge is 2.26. The predicted octanol–water partition coefficient (Wildman–Crippen LogP) is 4.43. The summed E-state index contributed by atoms with van der Waals surface area (Å²) >= 11 is 2.60. The summed E-state index contributed by atoms with van der Waals surface area (Å²) in [6.45, 7) is 0. The molecule has 0 amide bonds. The van der Waals surface area contributed by atoms with Crippen molar-refractivity contribution in [1.29, 1.82) is 0 Å². The van der Waals surface area contributed by atoms with Gasteiger partial charge in [-0.15, -0.1) is 10.2 Å². The van der Waals surface area contributed by atoms with E-state index in [9.17, 15) is 17.2 Å². The second-order valence-corrected chi connectivity index (χ2v) is 8.96. The standard InChI is InChI=1S/C15H11F2N3O2S3/c16-13(17)25(21,22)12-8-6-11(7-9-12)23-15-20-19-14(24-15)18-10-4-2-1-3-5-10/h1-9,13H,(H,18,19). The zero-order chi connectivity index (χ0) is 17.9. The molecule has 0 radical (unpaired) electrons. The van der Waals surface area contributed by atoms with E-state index in [1.54, 1.807) is 0 Å². The van der Waals surface area contributed by atoms with Gasteiger partial charge in [-0.05, 0) is 36.4 Å². The SMILES string of the molecule is O=S(=O)(c1ccc(Sc2nnc(Nc3ccccc3)s2)cc1)C(F)F. The van der Waals surface area contributed by atoms with Gasteiger partial charge in [0.15, 0.2) is 4.34 Å². The summed E-state index contributed by atoms with van der Waals surface area (Å²) in [6.07, 6.45) is 0. The van der Waals surface area contributed by atoms with Crippen LogP contribution in [-0.4, -0.2) is 24.4 Å². The van der Waals surface area contributed by atoms with E-state index in [1.807, 2.05) is 30.3 Å². The Labute approximate surface area is 151 Å². The number of anilines is 2. The van der Waals surface area contributed by atoms with Crippen LogP contribution in [0.5, 0.6) is 0 Å². The maximum atomic E-state index is 12.5. The summed E-state index contributed by atoms with van der Waals surface area (Å²) in [7, 11) is -4.57. The van der Waals surface area contributed by atoms with Gasteiger partial charge >= 0.3 is 5.76 Å². The van der Waals surface area contributed by atoms with Crippen molar-refractivity contribution in [1.82, 2.24) is 10.2 Å². The van der Waals surface area contributed by atoms with E-state index in [0.29, 0.717) is 14.4 Å². The second kappa shape index (κ2) is 7.46. The van der Waals surface area contributed by atoms with Crippen molar-refractivity contribution in [2.75, 3.05) is 5.32 Å². The number of sulfone groups is 1. The van der Waals surface area contributed by atoms with Crippen molar-refractivity contribution < 1.29 is 17.2 Å². The average molecular weight is 399 g/mol. The zero-order valence-corrected chi connectivity index (χ0v) is 14.9. The number of rotatable bonds is 6. The van der Waals surface area contributed by atoms with Crippen LogP contribution in [0.2, 0.25) is 0 Å². The first-order valence-electron chi connectivity index (χ1n) is 6.91. The maximum absolute atomic E-state index is 12.5. The Bertz CT molecular complexity index is 946. The molecule has 1 aromatic heterocycles. The van der Waals surface area contributed by atoms with Crippen LogP contribution in [0.3, 0.4) is 0 Å². The summed E-state index contributed by atoms with van der Waals surface area (Å²) in [5.74, 6) is -3.43. The van der Waals surface area contributed by atoms with E-state index in [1.165, 1.54) is 35.2 Å². The third kappa shape index (κ3) is 4.33. The molecule has 0 aliphatic carbocycles. The van der Waals surface area contributed by atoms with E-state index in [4.69, 9.17) is 0 Å². The van der Waals surface area contributed by atoms with Crippen LogP contribution in [0.4, 0.5) is 19.6 Å². The Balaban J connectivity index is 1.69. The molecule has 1 N–H and O–H groups in total. The molecular formula is C15H11F2N3O2S3. The van der Waals surface area contributed by atoms with Gasteiger partial charge in [-0.25, -0.2) is 8.42 Å². The molecule has 0 unspecified atom stereocenters. The van der Waals surface area contributed by atoms with Crippen LogP contribution in [0, 0.1) is 0 Å². The summed E-state index contributed by atoms with van der Waals surface area (Å²) in [4.78, 5) is 0.270. The number of para-hydroxylation sites is 1. The second-order valence-electron chi connectivity index (χ2n) is 4.74. The Morgan fingerprint density at radius 2 is 1.68 bits per heavy atom. The van der Waals surface area contributed by atoms with Crippen LogP contribution in [0.25, 0.3) is 0 Å². The monoisotopic (exact) mass is 399 g/mol. The third-order valence-corrected chi connectivity index (χ3v) is 6.32. The van der Waals surface area contributed by atoms with Crippen LogP contribution in [0.15, 0.2) is 68.7 Å². The first-order chi connectivity index (χ1) is 11.9. The fraction of sp³-hybridized carbons (Fsp3) is 0.0667. The molecule has 0 spiro atoms. The van der Waals surface area contributed by atoms with Gasteiger partial charge in [0.1, 0.15) is 0 Å². The lowest BCUT2D eigenvalue weighted by Crippen LogP contribution is -2.10. The molecule has 0 fully saturated rings. The van der Waals surface area contributed by atoms with Gasteiger partial charge in [-0.3, -0.25) is 0 Å². The van der Waals surface area contributed by atoms with E-state index < -0.39 is 20.5 Å². The summed E-state index contributed by atoms with van der Waals surface area (Å²) in [5.41, 5.74) is 0.886. The Morgan fingerprint density at radius 1 is 1.00 bits per heavy atom. The predicted molar refractivity (Wildman–Crippen MR) is 93.4 cm³/mol. The highest BCUT2D eigenvalue weighted by atomic mass is 32.2. The summed E-state index contributed by atoms with van der Waals surface area (Å²) < 4.78 is 48.4. The van der Waals surface area contributed by atoms with Crippen molar-refractivity contribution in [3.05, 3.63) is 54.6 Å². The Morgan fingerprint density at radius 3 is 2.32 bits per heavy atom. The average Bonchev–Trinajstić information content (AvgIpc) is 3.03. The first kappa shape index (κ1) is 17.8. The number of halogens is 2. The summed E-state index contributed by atoms with van der Waals surface area (Å²) in [5, 5.41) is 11.8. The highest BCUT2D eigenvalue weighted by molar-refractivity contribution is 8.01. The lowest BCUT2D eigenvalue weighted by Gasteiger charge is -2.03. The molecule has 2 aromatic carbocycles.